The number of carbonyl (C=O) groups is 4. The van der Waals surface area contributed by atoms with Crippen LogP contribution in [0.4, 0.5) is 5.69 Å². The molecule has 0 radical (unpaired) electrons. The molecule has 150 valence electrons. The van der Waals surface area contributed by atoms with E-state index in [-0.39, 0.29) is 28.9 Å². The Labute approximate surface area is 168 Å². The van der Waals surface area contributed by atoms with Crippen LogP contribution in [0, 0.1) is 5.41 Å². The van der Waals surface area contributed by atoms with Gasteiger partial charge in [-0.2, -0.15) is 0 Å². The summed E-state index contributed by atoms with van der Waals surface area (Å²) in [5.74, 6) is -2.13. The molecule has 2 aromatic carbocycles. The number of anilines is 1. The van der Waals surface area contributed by atoms with Gasteiger partial charge in [0, 0.05) is 12.1 Å². The number of amides is 3. The van der Waals surface area contributed by atoms with Crippen LogP contribution in [0.1, 0.15) is 53.5 Å². The van der Waals surface area contributed by atoms with E-state index < -0.39 is 17.8 Å². The van der Waals surface area contributed by atoms with E-state index in [1.807, 2.05) is 20.8 Å². The Kier molecular flexibility index (Phi) is 5.50. The summed E-state index contributed by atoms with van der Waals surface area (Å²) in [6, 6.07) is 13.0. The van der Waals surface area contributed by atoms with Crippen molar-refractivity contribution in [2.24, 2.45) is 5.41 Å². The fraction of sp³-hybridized carbons (Fsp3) is 0.273. The first kappa shape index (κ1) is 20.3. The van der Waals surface area contributed by atoms with Crippen LogP contribution in [-0.2, 0) is 20.8 Å². The highest BCUT2D eigenvalue weighted by molar-refractivity contribution is 6.20. The maximum atomic E-state index is 12.2. The first-order valence-electron chi connectivity index (χ1n) is 9.21. The van der Waals surface area contributed by atoms with Crippen molar-refractivity contribution < 1.29 is 24.0 Å². The summed E-state index contributed by atoms with van der Waals surface area (Å²) in [4.78, 5) is 53.6. The van der Waals surface area contributed by atoms with Gasteiger partial charge in [-0.25, -0.2) is 4.79 Å². The molecule has 0 spiro atoms. The van der Waals surface area contributed by atoms with E-state index in [9.17, 15) is 19.2 Å². The van der Waals surface area contributed by atoms with Gasteiger partial charge >= 0.3 is 5.97 Å². The van der Waals surface area contributed by atoms with Gasteiger partial charge in [-0.3, -0.25) is 14.4 Å². The summed E-state index contributed by atoms with van der Waals surface area (Å²) in [6.07, 6.45) is 0.269. The van der Waals surface area contributed by atoms with E-state index in [1.165, 1.54) is 12.1 Å². The lowest BCUT2D eigenvalue weighted by Gasteiger charge is -2.17. The van der Waals surface area contributed by atoms with Crippen LogP contribution in [0.15, 0.2) is 48.5 Å². The number of fused-ring (bicyclic) bond motifs is 1. The molecule has 3 rings (SSSR count). The summed E-state index contributed by atoms with van der Waals surface area (Å²) < 4.78 is 0. The van der Waals surface area contributed by atoms with Gasteiger partial charge in [0.25, 0.3) is 11.8 Å². The van der Waals surface area contributed by atoms with E-state index in [4.69, 9.17) is 4.84 Å². The number of hydroxylamine groups is 2. The molecule has 0 fully saturated rings. The monoisotopic (exact) mass is 394 g/mol. The molecule has 7 heteroatoms. The lowest BCUT2D eigenvalue weighted by molar-refractivity contribution is -0.167. The van der Waals surface area contributed by atoms with E-state index in [0.29, 0.717) is 22.7 Å². The second kappa shape index (κ2) is 7.87. The van der Waals surface area contributed by atoms with Crippen LogP contribution < -0.4 is 5.32 Å². The molecule has 1 heterocycles. The Morgan fingerprint density at radius 1 is 0.931 bits per heavy atom. The van der Waals surface area contributed by atoms with Gasteiger partial charge < -0.3 is 10.2 Å². The maximum Gasteiger partial charge on any atom is 0.337 e. The minimum atomic E-state index is -0.732. The maximum absolute atomic E-state index is 12.2. The van der Waals surface area contributed by atoms with Crippen LogP contribution in [0.3, 0.4) is 0 Å². The Morgan fingerprint density at radius 3 is 2.00 bits per heavy atom. The van der Waals surface area contributed by atoms with Gasteiger partial charge in [0.1, 0.15) is 0 Å². The molecule has 0 aromatic heterocycles. The molecule has 0 saturated heterocycles. The average molecular weight is 394 g/mol. The Bertz CT molecular complexity index is 938. The zero-order valence-electron chi connectivity index (χ0n) is 16.5. The minimum absolute atomic E-state index is 0.0877. The highest BCUT2D eigenvalue weighted by Crippen LogP contribution is 2.23. The molecular weight excluding hydrogens is 372 g/mol. The lowest BCUT2D eigenvalue weighted by atomic mass is 9.92. The summed E-state index contributed by atoms with van der Waals surface area (Å²) in [7, 11) is 0. The van der Waals surface area contributed by atoms with Crippen LogP contribution in [0.2, 0.25) is 0 Å². The molecule has 0 bridgehead atoms. The largest absolute Gasteiger partial charge is 0.337 e. The van der Waals surface area contributed by atoms with E-state index in [1.54, 1.807) is 36.4 Å². The second-order valence-corrected chi connectivity index (χ2v) is 8.07. The molecule has 3 amide bonds. The predicted molar refractivity (Wildman–Crippen MR) is 106 cm³/mol. The van der Waals surface area contributed by atoms with Gasteiger partial charge in [-0.15, -0.1) is 0 Å². The third kappa shape index (κ3) is 4.87. The molecule has 1 aliphatic rings. The zero-order chi connectivity index (χ0) is 21.2. The van der Waals surface area contributed by atoms with Crippen molar-refractivity contribution in [2.75, 3.05) is 5.32 Å². The van der Waals surface area contributed by atoms with Gasteiger partial charge in [0.15, 0.2) is 0 Å². The fourth-order valence-electron chi connectivity index (χ4n) is 2.94. The topological polar surface area (TPSA) is 92.8 Å². The fourth-order valence-corrected chi connectivity index (χ4v) is 2.94. The molecule has 0 unspecified atom stereocenters. The highest BCUT2D eigenvalue weighted by atomic mass is 16.7. The number of imide groups is 1. The second-order valence-electron chi connectivity index (χ2n) is 8.07. The molecule has 1 aliphatic heterocycles. The molecule has 0 saturated carbocycles. The number of nitrogens with one attached hydrogen (secondary N) is 1. The number of hydrogen-bond acceptors (Lipinski definition) is 5. The van der Waals surface area contributed by atoms with Gasteiger partial charge in [-0.1, -0.05) is 50.1 Å². The first-order chi connectivity index (χ1) is 13.6. The molecule has 2 aromatic rings. The van der Waals surface area contributed by atoms with E-state index >= 15 is 0 Å². The van der Waals surface area contributed by atoms with E-state index in [2.05, 4.69) is 5.32 Å². The number of rotatable bonds is 5. The normalized spacial score (nSPS) is 13.3. The summed E-state index contributed by atoms with van der Waals surface area (Å²) >= 11 is 0. The van der Waals surface area contributed by atoms with Gasteiger partial charge in [0.05, 0.1) is 17.5 Å². The average Bonchev–Trinajstić information content (AvgIpc) is 2.87. The summed E-state index contributed by atoms with van der Waals surface area (Å²) in [5, 5.41) is 3.30. The smallest absolute Gasteiger partial charge is 0.329 e. The van der Waals surface area contributed by atoms with Crippen molar-refractivity contribution in [1.29, 1.82) is 0 Å². The van der Waals surface area contributed by atoms with Crippen LogP contribution in [0.5, 0.6) is 0 Å². The molecule has 0 aliphatic carbocycles. The Hall–Kier alpha value is -3.48. The zero-order valence-corrected chi connectivity index (χ0v) is 16.5. The van der Waals surface area contributed by atoms with Crippen molar-refractivity contribution in [2.45, 2.75) is 33.6 Å². The number of hydrogen-bond donors (Lipinski definition) is 1. The van der Waals surface area contributed by atoms with Crippen molar-refractivity contribution in [3.63, 3.8) is 0 Å². The minimum Gasteiger partial charge on any atom is -0.329 e. The Balaban J connectivity index is 1.57. The standard InChI is InChI=1S/C22H22N2O5/c1-22(2,3)13-18(25)23-15-10-8-14(9-11-15)12-19(26)29-24-20(27)16-6-4-5-7-17(16)21(24)28/h4-11H,12-13H2,1-3H3,(H,23,25). The molecular formula is C22H22N2O5. The number of benzene rings is 2. The Morgan fingerprint density at radius 2 is 1.48 bits per heavy atom. The van der Waals surface area contributed by atoms with E-state index in [0.717, 1.165) is 0 Å². The number of carbonyl (C=O) groups excluding carboxylic acids is 4. The molecule has 0 atom stereocenters. The van der Waals surface area contributed by atoms with Crippen molar-refractivity contribution in [1.82, 2.24) is 5.06 Å². The predicted octanol–water partition coefficient (Wildman–Crippen LogP) is 3.36. The van der Waals surface area contributed by atoms with Crippen LogP contribution >= 0.6 is 0 Å². The van der Waals surface area contributed by atoms with Crippen LogP contribution in [0.25, 0.3) is 0 Å². The van der Waals surface area contributed by atoms with Crippen molar-refractivity contribution in [3.8, 4) is 0 Å². The number of nitrogens with zero attached hydrogens (tertiary/aromatic N) is 1. The third-order valence-electron chi connectivity index (χ3n) is 4.23. The molecule has 29 heavy (non-hydrogen) atoms. The van der Waals surface area contributed by atoms with Gasteiger partial charge in [-0.05, 0) is 35.2 Å². The SMILES string of the molecule is CC(C)(C)CC(=O)Nc1ccc(CC(=O)ON2C(=O)c3ccccc3C2=O)cc1. The van der Waals surface area contributed by atoms with Gasteiger partial charge in [0.2, 0.25) is 5.91 Å². The van der Waals surface area contributed by atoms with Crippen molar-refractivity contribution >= 4 is 29.4 Å². The first-order valence-corrected chi connectivity index (χ1v) is 9.21. The summed E-state index contributed by atoms with van der Waals surface area (Å²) in [6.45, 7) is 5.95. The quantitative estimate of drug-likeness (QED) is 0.785. The highest BCUT2D eigenvalue weighted by Gasteiger charge is 2.38. The molecule has 7 nitrogen and oxygen atoms in total. The lowest BCUT2D eigenvalue weighted by Crippen LogP contribution is -2.33. The summed E-state index contributed by atoms with van der Waals surface area (Å²) in [5.41, 5.74) is 1.55. The van der Waals surface area contributed by atoms with Crippen LogP contribution in [-0.4, -0.2) is 28.8 Å². The van der Waals surface area contributed by atoms with Crippen molar-refractivity contribution in [3.05, 3.63) is 65.2 Å². The third-order valence-corrected chi connectivity index (χ3v) is 4.23. The molecule has 1 N–H and O–H groups in total.